The van der Waals surface area contributed by atoms with Crippen molar-refractivity contribution in [3.8, 4) is 0 Å². The minimum Gasteiger partial charge on any atom is -0.385 e. The van der Waals surface area contributed by atoms with Gasteiger partial charge in [0.05, 0.1) is 13.2 Å². The lowest BCUT2D eigenvalue weighted by Gasteiger charge is -2.31. The van der Waals surface area contributed by atoms with Crippen LogP contribution in [-0.2, 0) is 22.3 Å². The van der Waals surface area contributed by atoms with Crippen LogP contribution >= 0.6 is 11.3 Å². The molecule has 0 unspecified atom stereocenters. The third-order valence-corrected chi connectivity index (χ3v) is 6.82. The quantitative estimate of drug-likeness (QED) is 0.617. The third-order valence-electron chi connectivity index (χ3n) is 5.74. The Bertz CT molecular complexity index is 1020. The molecule has 4 heterocycles. The van der Waals surface area contributed by atoms with Crippen LogP contribution in [0.4, 0.5) is 11.6 Å². The molecule has 8 nitrogen and oxygen atoms in total. The number of nitrogens with one attached hydrogen (secondary N) is 1. The first kappa shape index (κ1) is 18.9. The highest BCUT2D eigenvalue weighted by Gasteiger charge is 2.26. The lowest BCUT2D eigenvalue weighted by Crippen LogP contribution is -2.37. The number of hydrogen-bond acceptors (Lipinski definition) is 9. The summed E-state index contributed by atoms with van der Waals surface area (Å²) in [5.74, 6) is 1.95. The highest BCUT2D eigenvalue weighted by molar-refractivity contribution is 7.26. The molecule has 0 saturated carbocycles. The second-order valence-corrected chi connectivity index (χ2v) is 8.57. The normalized spacial score (nSPS) is 17.1. The van der Waals surface area contributed by atoms with E-state index < -0.39 is 0 Å². The van der Waals surface area contributed by atoms with Crippen LogP contribution in [-0.4, -0.2) is 67.0 Å². The molecule has 0 atom stereocenters. The minimum atomic E-state index is 0.721. The minimum absolute atomic E-state index is 0.721. The number of ether oxygens (including phenoxy) is 2. The lowest BCUT2D eigenvalue weighted by atomic mass is 9.90. The summed E-state index contributed by atoms with van der Waals surface area (Å²) in [5, 5.41) is 17.3. The Balaban J connectivity index is 1.62. The van der Waals surface area contributed by atoms with E-state index in [1.165, 1.54) is 29.4 Å². The van der Waals surface area contributed by atoms with Gasteiger partial charge in [-0.15, -0.1) is 21.5 Å². The van der Waals surface area contributed by atoms with Crippen molar-refractivity contribution in [1.29, 1.82) is 0 Å². The third kappa shape index (κ3) is 3.51. The van der Waals surface area contributed by atoms with E-state index in [4.69, 9.17) is 14.5 Å². The topological polar surface area (TPSA) is 85.3 Å². The molecule has 154 valence electrons. The van der Waals surface area contributed by atoms with E-state index in [1.54, 1.807) is 18.4 Å². The second kappa shape index (κ2) is 8.33. The first-order valence-corrected chi connectivity index (χ1v) is 11.2. The predicted molar refractivity (Wildman–Crippen MR) is 115 cm³/mol. The molecule has 0 radical (unpaired) electrons. The standard InChI is InChI=1S/C20H26N6O2S/c1-27-10-4-7-21-18-17-16(23-25-24-18)15-13-5-2-3-6-14(13)19(22-20(15)29-17)26-8-11-28-12-9-26/h2-12H2,1H3,(H,21,23,24). The SMILES string of the molecule is COCCCNc1nnnc2c1sc1nc(N3CCOCC3)c3c(c12)CCCC3. The van der Waals surface area contributed by atoms with Gasteiger partial charge in [0.25, 0.3) is 0 Å². The molecule has 0 aromatic carbocycles. The molecule has 1 aliphatic heterocycles. The number of nitrogens with zero attached hydrogens (tertiary/aromatic N) is 5. The molecule has 2 aliphatic rings. The van der Waals surface area contributed by atoms with Gasteiger partial charge in [0.15, 0.2) is 5.82 Å². The fourth-order valence-electron chi connectivity index (χ4n) is 4.34. The summed E-state index contributed by atoms with van der Waals surface area (Å²) in [4.78, 5) is 8.59. The zero-order valence-electron chi connectivity index (χ0n) is 16.7. The van der Waals surface area contributed by atoms with Crippen molar-refractivity contribution < 1.29 is 9.47 Å². The number of thiophene rings is 1. The Labute approximate surface area is 173 Å². The lowest BCUT2D eigenvalue weighted by molar-refractivity contribution is 0.122. The first-order chi connectivity index (χ1) is 14.4. The second-order valence-electron chi connectivity index (χ2n) is 7.57. The van der Waals surface area contributed by atoms with Crippen molar-refractivity contribution in [1.82, 2.24) is 20.4 Å². The summed E-state index contributed by atoms with van der Waals surface area (Å²) >= 11 is 1.68. The van der Waals surface area contributed by atoms with E-state index in [9.17, 15) is 0 Å². The molecule has 1 N–H and O–H groups in total. The molecule has 3 aromatic rings. The van der Waals surface area contributed by atoms with Gasteiger partial charge >= 0.3 is 0 Å². The van der Waals surface area contributed by atoms with E-state index in [0.717, 1.165) is 85.4 Å². The van der Waals surface area contributed by atoms with Crippen molar-refractivity contribution in [2.45, 2.75) is 32.1 Å². The number of morpholine rings is 1. The van der Waals surface area contributed by atoms with E-state index in [1.807, 2.05) is 0 Å². The molecule has 1 saturated heterocycles. The Kier molecular flexibility index (Phi) is 5.43. The Morgan fingerprint density at radius 3 is 2.79 bits per heavy atom. The molecule has 9 heteroatoms. The molecular weight excluding hydrogens is 388 g/mol. The molecule has 1 aliphatic carbocycles. The molecule has 29 heavy (non-hydrogen) atoms. The van der Waals surface area contributed by atoms with Crippen LogP contribution in [0, 0.1) is 0 Å². The van der Waals surface area contributed by atoms with Crippen LogP contribution in [0.2, 0.25) is 0 Å². The van der Waals surface area contributed by atoms with Gasteiger partial charge in [0.2, 0.25) is 0 Å². The molecular formula is C20H26N6O2S. The van der Waals surface area contributed by atoms with Crippen LogP contribution in [0.5, 0.6) is 0 Å². The largest absolute Gasteiger partial charge is 0.385 e. The molecule has 0 spiro atoms. The van der Waals surface area contributed by atoms with Crippen molar-refractivity contribution in [3.63, 3.8) is 0 Å². The van der Waals surface area contributed by atoms with Crippen LogP contribution in [0.3, 0.4) is 0 Å². The first-order valence-electron chi connectivity index (χ1n) is 10.4. The van der Waals surface area contributed by atoms with E-state index >= 15 is 0 Å². The average Bonchev–Trinajstić information content (AvgIpc) is 3.16. The number of pyridine rings is 1. The van der Waals surface area contributed by atoms with Gasteiger partial charge in [-0.2, -0.15) is 0 Å². The van der Waals surface area contributed by atoms with Gasteiger partial charge in [-0.05, 0) is 48.4 Å². The zero-order valence-corrected chi connectivity index (χ0v) is 17.6. The summed E-state index contributed by atoms with van der Waals surface area (Å²) in [6.45, 7) is 4.87. The summed E-state index contributed by atoms with van der Waals surface area (Å²) in [6.07, 6.45) is 5.52. The summed E-state index contributed by atoms with van der Waals surface area (Å²) in [6, 6.07) is 0. The Hall–Kier alpha value is -2.10. The van der Waals surface area contributed by atoms with E-state index in [0.29, 0.717) is 0 Å². The molecule has 0 amide bonds. The number of fused-ring (bicyclic) bond motifs is 5. The highest BCUT2D eigenvalue weighted by atomic mass is 32.1. The zero-order chi connectivity index (χ0) is 19.6. The summed E-state index contributed by atoms with van der Waals surface area (Å²) < 4.78 is 11.7. The fraction of sp³-hybridized carbons (Fsp3) is 0.600. The van der Waals surface area contributed by atoms with E-state index in [2.05, 4.69) is 25.6 Å². The number of methoxy groups -OCH3 is 1. The number of hydrogen-bond donors (Lipinski definition) is 1. The maximum absolute atomic E-state index is 5.56. The monoisotopic (exact) mass is 414 g/mol. The molecule has 0 bridgehead atoms. The van der Waals surface area contributed by atoms with Gasteiger partial charge in [-0.1, -0.05) is 0 Å². The fourth-order valence-corrected chi connectivity index (χ4v) is 5.44. The predicted octanol–water partition coefficient (Wildman–Crippen LogP) is 2.80. The van der Waals surface area contributed by atoms with Crippen LogP contribution in [0.15, 0.2) is 0 Å². The number of aryl methyl sites for hydroxylation is 1. The maximum Gasteiger partial charge on any atom is 0.170 e. The van der Waals surface area contributed by atoms with Crippen LogP contribution in [0.1, 0.15) is 30.4 Å². The van der Waals surface area contributed by atoms with Gasteiger partial charge in [-0.3, -0.25) is 0 Å². The smallest absolute Gasteiger partial charge is 0.170 e. The van der Waals surface area contributed by atoms with Gasteiger partial charge in [0, 0.05) is 38.7 Å². The molecule has 3 aromatic heterocycles. The van der Waals surface area contributed by atoms with E-state index in [-0.39, 0.29) is 0 Å². The number of rotatable bonds is 6. The summed E-state index contributed by atoms with van der Waals surface area (Å²) in [5.41, 5.74) is 3.76. The van der Waals surface area contributed by atoms with Crippen molar-refractivity contribution in [3.05, 3.63) is 11.1 Å². The van der Waals surface area contributed by atoms with Crippen LogP contribution in [0.25, 0.3) is 20.4 Å². The van der Waals surface area contributed by atoms with Gasteiger partial charge in [0.1, 0.15) is 20.9 Å². The van der Waals surface area contributed by atoms with Gasteiger partial charge < -0.3 is 19.7 Å². The number of aromatic nitrogens is 4. The molecule has 1 fully saturated rings. The van der Waals surface area contributed by atoms with Gasteiger partial charge in [-0.25, -0.2) is 4.98 Å². The molecule has 5 rings (SSSR count). The average molecular weight is 415 g/mol. The number of anilines is 2. The Morgan fingerprint density at radius 1 is 1.14 bits per heavy atom. The Morgan fingerprint density at radius 2 is 1.97 bits per heavy atom. The van der Waals surface area contributed by atoms with Crippen molar-refractivity contribution in [2.24, 2.45) is 0 Å². The summed E-state index contributed by atoms with van der Waals surface area (Å²) in [7, 11) is 1.72. The van der Waals surface area contributed by atoms with Crippen molar-refractivity contribution >= 4 is 43.4 Å². The highest BCUT2D eigenvalue weighted by Crippen LogP contribution is 2.42. The van der Waals surface area contributed by atoms with Crippen molar-refractivity contribution in [2.75, 3.05) is 56.8 Å². The maximum atomic E-state index is 5.56. The van der Waals surface area contributed by atoms with Crippen LogP contribution < -0.4 is 10.2 Å².